The molecule has 3 rings (SSSR count). The summed E-state index contributed by atoms with van der Waals surface area (Å²) >= 11 is 0. The molecule has 6 heteroatoms. The van der Waals surface area contributed by atoms with E-state index in [1.54, 1.807) is 18.2 Å². The van der Waals surface area contributed by atoms with Crippen LogP contribution >= 0.6 is 0 Å². The Kier molecular flexibility index (Phi) is 4.36. The lowest BCUT2D eigenvalue weighted by atomic mass is 10.0. The maximum Gasteiger partial charge on any atom is 0.252 e. The molecule has 0 aliphatic carbocycles. The molecule has 0 aliphatic rings. The number of aliphatic hydroxyl groups is 2. The van der Waals surface area contributed by atoms with Gasteiger partial charge in [-0.05, 0) is 29.3 Å². The van der Waals surface area contributed by atoms with Gasteiger partial charge >= 0.3 is 0 Å². The van der Waals surface area contributed by atoms with Crippen LogP contribution in [0.2, 0.25) is 0 Å². The van der Waals surface area contributed by atoms with Crippen molar-refractivity contribution in [2.75, 3.05) is 0 Å². The number of rotatable bonds is 5. The van der Waals surface area contributed by atoms with Crippen LogP contribution in [0, 0.1) is 0 Å². The first-order chi connectivity index (χ1) is 11.2. The highest BCUT2D eigenvalue weighted by Crippen LogP contribution is 2.15. The summed E-state index contributed by atoms with van der Waals surface area (Å²) < 4.78 is 5.54. The Morgan fingerprint density at radius 2 is 1.96 bits per heavy atom. The first kappa shape index (κ1) is 15.2. The van der Waals surface area contributed by atoms with Crippen LogP contribution in [0.15, 0.2) is 46.9 Å². The van der Waals surface area contributed by atoms with E-state index in [-0.39, 0.29) is 25.7 Å². The first-order valence-corrected chi connectivity index (χ1v) is 7.17. The number of amides is 1. The van der Waals surface area contributed by atoms with Gasteiger partial charge in [-0.15, -0.1) is 0 Å². The quantitative estimate of drug-likeness (QED) is 0.667. The van der Waals surface area contributed by atoms with Gasteiger partial charge in [-0.3, -0.25) is 4.79 Å². The summed E-state index contributed by atoms with van der Waals surface area (Å²) in [6, 6.07) is 12.2. The van der Waals surface area contributed by atoms with Crippen LogP contribution < -0.4 is 5.32 Å². The molecular weight excluding hydrogens is 296 g/mol. The molecule has 0 unspecified atom stereocenters. The second-order valence-electron chi connectivity index (χ2n) is 5.07. The first-order valence-electron chi connectivity index (χ1n) is 7.17. The Morgan fingerprint density at radius 1 is 1.13 bits per heavy atom. The highest BCUT2D eigenvalue weighted by molar-refractivity contribution is 5.95. The van der Waals surface area contributed by atoms with Crippen molar-refractivity contribution in [1.29, 1.82) is 0 Å². The summed E-state index contributed by atoms with van der Waals surface area (Å²) in [5.74, 6) is 0.0814. The fourth-order valence-corrected chi connectivity index (χ4v) is 2.34. The second-order valence-corrected chi connectivity index (χ2v) is 5.07. The molecule has 0 saturated heterocycles. The molecule has 0 spiro atoms. The van der Waals surface area contributed by atoms with Crippen LogP contribution in [0.1, 0.15) is 27.4 Å². The summed E-state index contributed by atoms with van der Waals surface area (Å²) in [6.07, 6.45) is 0. The van der Waals surface area contributed by atoms with Crippen molar-refractivity contribution in [2.45, 2.75) is 19.8 Å². The van der Waals surface area contributed by atoms with E-state index >= 15 is 0 Å². The molecule has 0 fully saturated rings. The van der Waals surface area contributed by atoms with E-state index in [1.165, 1.54) is 0 Å². The van der Waals surface area contributed by atoms with Gasteiger partial charge in [0.2, 0.25) is 5.89 Å². The monoisotopic (exact) mass is 312 g/mol. The Bertz CT molecular complexity index is 808. The Hall–Kier alpha value is -2.70. The minimum absolute atomic E-state index is 0.141. The van der Waals surface area contributed by atoms with Gasteiger partial charge < -0.3 is 19.9 Å². The molecule has 0 atom stereocenters. The number of nitrogens with one attached hydrogen (secondary N) is 1. The molecule has 6 nitrogen and oxygen atoms in total. The predicted octanol–water partition coefficient (Wildman–Crippen LogP) is 1.74. The lowest BCUT2D eigenvalue weighted by Crippen LogP contribution is -2.24. The molecule has 1 amide bonds. The van der Waals surface area contributed by atoms with Crippen molar-refractivity contribution in [3.05, 3.63) is 65.0 Å². The zero-order chi connectivity index (χ0) is 16.2. The summed E-state index contributed by atoms with van der Waals surface area (Å²) in [4.78, 5) is 16.5. The summed E-state index contributed by atoms with van der Waals surface area (Å²) in [6.45, 7) is -0.266. The Balaban J connectivity index is 1.74. The van der Waals surface area contributed by atoms with Crippen LogP contribution in [-0.4, -0.2) is 21.1 Å². The average Bonchev–Trinajstić information content (AvgIpc) is 3.02. The molecule has 3 N–H and O–H groups in total. The number of oxazole rings is 1. The van der Waals surface area contributed by atoms with Gasteiger partial charge in [0, 0.05) is 5.56 Å². The van der Waals surface area contributed by atoms with Gasteiger partial charge in [0.25, 0.3) is 5.91 Å². The Labute approximate surface area is 132 Å². The third kappa shape index (κ3) is 3.23. The van der Waals surface area contributed by atoms with Gasteiger partial charge in [0.05, 0.1) is 19.8 Å². The predicted molar refractivity (Wildman–Crippen MR) is 83.5 cm³/mol. The number of fused-ring (bicyclic) bond motifs is 1. The molecule has 1 aromatic heterocycles. The normalized spacial score (nSPS) is 10.9. The maximum absolute atomic E-state index is 12.3. The third-order valence-corrected chi connectivity index (χ3v) is 3.51. The molecule has 118 valence electrons. The van der Waals surface area contributed by atoms with E-state index in [0.717, 1.165) is 5.52 Å². The Morgan fingerprint density at radius 3 is 2.70 bits per heavy atom. The summed E-state index contributed by atoms with van der Waals surface area (Å²) in [5.41, 5.74) is 2.87. The molecule has 3 aromatic rings. The van der Waals surface area contributed by atoms with Gasteiger partial charge in [0.1, 0.15) is 5.52 Å². The molecule has 0 aliphatic heterocycles. The zero-order valence-corrected chi connectivity index (χ0v) is 12.3. The molecular formula is C17H16N2O4. The molecule has 0 radical (unpaired) electrons. The number of carbonyl (C=O) groups excluding carboxylic acids is 1. The van der Waals surface area contributed by atoms with Crippen LogP contribution in [0.4, 0.5) is 0 Å². The number of para-hydroxylation sites is 2. The fourth-order valence-electron chi connectivity index (χ4n) is 2.34. The van der Waals surface area contributed by atoms with E-state index in [9.17, 15) is 9.90 Å². The van der Waals surface area contributed by atoms with Gasteiger partial charge in [-0.1, -0.05) is 24.3 Å². The number of hydrogen-bond acceptors (Lipinski definition) is 5. The van der Waals surface area contributed by atoms with Gasteiger partial charge in [-0.2, -0.15) is 0 Å². The lowest BCUT2D eigenvalue weighted by molar-refractivity contribution is 0.0944. The van der Waals surface area contributed by atoms with Gasteiger partial charge in [0.15, 0.2) is 5.58 Å². The summed E-state index contributed by atoms with van der Waals surface area (Å²) in [7, 11) is 0. The van der Waals surface area contributed by atoms with Crippen molar-refractivity contribution in [3.63, 3.8) is 0 Å². The largest absolute Gasteiger partial charge is 0.439 e. The second kappa shape index (κ2) is 6.60. The van der Waals surface area contributed by atoms with Crippen LogP contribution in [-0.2, 0) is 19.8 Å². The number of nitrogens with zero attached hydrogens (tertiary/aromatic N) is 1. The molecule has 0 bridgehead atoms. The van der Waals surface area contributed by atoms with Crippen LogP contribution in [0.3, 0.4) is 0 Å². The minimum Gasteiger partial charge on any atom is -0.439 e. The number of aliphatic hydroxyl groups excluding tert-OH is 2. The number of carbonyl (C=O) groups is 1. The lowest BCUT2D eigenvalue weighted by Gasteiger charge is -2.09. The van der Waals surface area contributed by atoms with E-state index in [2.05, 4.69) is 10.3 Å². The molecule has 1 heterocycles. The topological polar surface area (TPSA) is 95.6 Å². The van der Waals surface area contributed by atoms with E-state index in [1.807, 2.05) is 24.3 Å². The molecule has 2 aromatic carbocycles. The molecule has 23 heavy (non-hydrogen) atoms. The van der Waals surface area contributed by atoms with Crippen molar-refractivity contribution < 1.29 is 19.4 Å². The smallest absolute Gasteiger partial charge is 0.252 e. The van der Waals surface area contributed by atoms with E-state index in [0.29, 0.717) is 28.2 Å². The number of benzene rings is 2. The van der Waals surface area contributed by atoms with Crippen molar-refractivity contribution >= 4 is 17.0 Å². The van der Waals surface area contributed by atoms with Crippen LogP contribution in [0.5, 0.6) is 0 Å². The fraction of sp³-hybridized carbons (Fsp3) is 0.176. The SMILES string of the molecule is O=C(NCc1nc2ccccc2o1)c1ccc(CO)cc1CO. The van der Waals surface area contributed by atoms with E-state index in [4.69, 9.17) is 9.52 Å². The minimum atomic E-state index is -0.333. The maximum atomic E-state index is 12.3. The van der Waals surface area contributed by atoms with Crippen molar-refractivity contribution in [3.8, 4) is 0 Å². The van der Waals surface area contributed by atoms with Gasteiger partial charge in [-0.25, -0.2) is 4.98 Å². The standard InChI is InChI=1S/C17H16N2O4/c20-9-11-5-6-13(12(7-11)10-21)17(22)18-8-16-19-14-3-1-2-4-15(14)23-16/h1-7,20-21H,8-10H2,(H,18,22). The zero-order valence-electron chi connectivity index (χ0n) is 12.3. The third-order valence-electron chi connectivity index (χ3n) is 3.51. The van der Waals surface area contributed by atoms with E-state index < -0.39 is 0 Å². The molecule has 0 saturated carbocycles. The number of hydrogen-bond donors (Lipinski definition) is 3. The highest BCUT2D eigenvalue weighted by Gasteiger charge is 2.13. The average molecular weight is 312 g/mol. The van der Waals surface area contributed by atoms with Crippen molar-refractivity contribution in [2.24, 2.45) is 0 Å². The summed E-state index contributed by atoms with van der Waals surface area (Å²) in [5, 5.41) is 21.2. The number of aromatic nitrogens is 1. The highest BCUT2D eigenvalue weighted by atomic mass is 16.3. The van der Waals surface area contributed by atoms with Crippen LogP contribution in [0.25, 0.3) is 11.1 Å². The van der Waals surface area contributed by atoms with Crippen molar-refractivity contribution in [1.82, 2.24) is 10.3 Å².